The van der Waals surface area contributed by atoms with Gasteiger partial charge in [0, 0.05) is 18.6 Å². The highest BCUT2D eigenvalue weighted by atomic mass is 15.2. The highest BCUT2D eigenvalue weighted by Crippen LogP contribution is 2.35. The molecule has 0 bridgehead atoms. The summed E-state index contributed by atoms with van der Waals surface area (Å²) in [7, 11) is 0. The van der Waals surface area contributed by atoms with E-state index in [1.807, 2.05) is 0 Å². The summed E-state index contributed by atoms with van der Waals surface area (Å²) < 4.78 is 0. The zero-order valence-corrected chi connectivity index (χ0v) is 14.2. The van der Waals surface area contributed by atoms with Crippen LogP contribution in [0.2, 0.25) is 0 Å². The molecule has 1 unspecified atom stereocenters. The van der Waals surface area contributed by atoms with Crippen molar-refractivity contribution in [1.82, 2.24) is 4.90 Å². The van der Waals surface area contributed by atoms with Crippen LogP contribution < -0.4 is 5.73 Å². The van der Waals surface area contributed by atoms with Crippen molar-refractivity contribution in [3.05, 3.63) is 35.4 Å². The van der Waals surface area contributed by atoms with Crippen LogP contribution in [-0.4, -0.2) is 24.0 Å². The molecule has 21 heavy (non-hydrogen) atoms. The van der Waals surface area contributed by atoms with Crippen LogP contribution in [0.15, 0.2) is 24.3 Å². The molecule has 0 radical (unpaired) electrons. The third-order valence-electron chi connectivity index (χ3n) is 4.57. The van der Waals surface area contributed by atoms with E-state index in [1.54, 1.807) is 0 Å². The molecule has 1 saturated carbocycles. The Morgan fingerprint density at radius 1 is 1.19 bits per heavy atom. The van der Waals surface area contributed by atoms with Gasteiger partial charge in [0.25, 0.3) is 0 Å². The number of rotatable bonds is 7. The molecule has 1 aliphatic rings. The fraction of sp³-hybridized carbons (Fsp3) is 0.684. The van der Waals surface area contributed by atoms with E-state index in [-0.39, 0.29) is 5.41 Å². The maximum atomic E-state index is 6.13. The van der Waals surface area contributed by atoms with E-state index in [9.17, 15) is 0 Å². The standard InChI is InChI=1S/C19H32N2/c1-5-6-13-21(17-11-12-17)18(14-20)15-7-9-16(10-8-15)19(2,3)4/h7-10,17-18H,5-6,11-14,20H2,1-4H3. The molecule has 0 aliphatic heterocycles. The Balaban J connectivity index is 2.15. The third-order valence-corrected chi connectivity index (χ3v) is 4.57. The monoisotopic (exact) mass is 288 g/mol. The fourth-order valence-electron chi connectivity index (χ4n) is 3.01. The minimum absolute atomic E-state index is 0.217. The number of hydrogen-bond acceptors (Lipinski definition) is 2. The van der Waals surface area contributed by atoms with Crippen LogP contribution in [0, 0.1) is 0 Å². The summed E-state index contributed by atoms with van der Waals surface area (Å²) in [6.07, 6.45) is 5.22. The summed E-state index contributed by atoms with van der Waals surface area (Å²) in [5.74, 6) is 0. The van der Waals surface area contributed by atoms with Crippen LogP contribution >= 0.6 is 0 Å². The van der Waals surface area contributed by atoms with Gasteiger partial charge in [-0.05, 0) is 42.3 Å². The second kappa shape index (κ2) is 6.93. The first-order valence-electron chi connectivity index (χ1n) is 8.53. The van der Waals surface area contributed by atoms with Gasteiger partial charge in [-0.1, -0.05) is 58.4 Å². The van der Waals surface area contributed by atoms with Crippen molar-refractivity contribution in [2.24, 2.45) is 5.73 Å². The molecule has 2 nitrogen and oxygen atoms in total. The van der Waals surface area contributed by atoms with E-state index in [0.29, 0.717) is 6.04 Å². The first kappa shape index (κ1) is 16.5. The molecular weight excluding hydrogens is 256 g/mol. The van der Waals surface area contributed by atoms with E-state index < -0.39 is 0 Å². The molecule has 1 aromatic rings. The van der Waals surface area contributed by atoms with Gasteiger partial charge in [-0.3, -0.25) is 4.90 Å². The average molecular weight is 288 g/mol. The average Bonchev–Trinajstić information content (AvgIpc) is 3.27. The van der Waals surface area contributed by atoms with E-state index in [2.05, 4.69) is 56.9 Å². The number of nitrogens with zero attached hydrogens (tertiary/aromatic N) is 1. The van der Waals surface area contributed by atoms with Crippen LogP contribution in [0.4, 0.5) is 0 Å². The summed E-state index contributed by atoms with van der Waals surface area (Å²) in [4.78, 5) is 2.65. The van der Waals surface area contributed by atoms with Crippen molar-refractivity contribution in [2.45, 2.75) is 70.9 Å². The number of hydrogen-bond donors (Lipinski definition) is 1. The molecule has 0 aromatic heterocycles. The molecule has 2 heteroatoms. The smallest absolute Gasteiger partial charge is 0.0473 e. The molecule has 1 atom stereocenters. The van der Waals surface area contributed by atoms with E-state index in [1.165, 1.54) is 43.4 Å². The molecule has 0 amide bonds. The van der Waals surface area contributed by atoms with Gasteiger partial charge in [-0.25, -0.2) is 0 Å². The van der Waals surface area contributed by atoms with Gasteiger partial charge in [-0.2, -0.15) is 0 Å². The molecule has 2 rings (SSSR count). The lowest BCUT2D eigenvalue weighted by Gasteiger charge is -2.32. The van der Waals surface area contributed by atoms with Crippen molar-refractivity contribution in [3.63, 3.8) is 0 Å². The summed E-state index contributed by atoms with van der Waals surface area (Å²) in [5, 5.41) is 0. The zero-order valence-electron chi connectivity index (χ0n) is 14.2. The predicted molar refractivity (Wildman–Crippen MR) is 91.6 cm³/mol. The molecular formula is C19H32N2. The van der Waals surface area contributed by atoms with E-state index in [4.69, 9.17) is 5.73 Å². The quantitative estimate of drug-likeness (QED) is 0.812. The van der Waals surface area contributed by atoms with Crippen LogP contribution in [0.3, 0.4) is 0 Å². The minimum atomic E-state index is 0.217. The van der Waals surface area contributed by atoms with Crippen LogP contribution in [-0.2, 0) is 5.41 Å². The highest BCUT2D eigenvalue weighted by Gasteiger charge is 2.33. The van der Waals surface area contributed by atoms with Crippen molar-refractivity contribution in [2.75, 3.05) is 13.1 Å². The Bertz CT molecular complexity index is 426. The lowest BCUT2D eigenvalue weighted by atomic mass is 9.86. The van der Waals surface area contributed by atoms with Gasteiger partial charge in [0.15, 0.2) is 0 Å². The maximum Gasteiger partial charge on any atom is 0.0473 e. The number of unbranched alkanes of at least 4 members (excludes halogenated alkanes) is 1. The molecule has 0 spiro atoms. The Hall–Kier alpha value is -0.860. The van der Waals surface area contributed by atoms with Gasteiger partial charge < -0.3 is 5.73 Å². The van der Waals surface area contributed by atoms with Crippen LogP contribution in [0.1, 0.15) is 70.5 Å². The van der Waals surface area contributed by atoms with Crippen LogP contribution in [0.25, 0.3) is 0 Å². The van der Waals surface area contributed by atoms with Crippen LogP contribution in [0.5, 0.6) is 0 Å². The maximum absolute atomic E-state index is 6.13. The first-order chi connectivity index (χ1) is 9.97. The molecule has 118 valence electrons. The largest absolute Gasteiger partial charge is 0.329 e. The predicted octanol–water partition coefficient (Wildman–Crippen LogP) is 4.25. The van der Waals surface area contributed by atoms with Gasteiger partial charge in [0.05, 0.1) is 0 Å². The Kier molecular flexibility index (Phi) is 5.45. The highest BCUT2D eigenvalue weighted by molar-refractivity contribution is 5.29. The van der Waals surface area contributed by atoms with Gasteiger partial charge in [0.2, 0.25) is 0 Å². The molecule has 1 fully saturated rings. The lowest BCUT2D eigenvalue weighted by Crippen LogP contribution is -2.36. The Morgan fingerprint density at radius 3 is 2.24 bits per heavy atom. The van der Waals surface area contributed by atoms with Crippen molar-refractivity contribution in [1.29, 1.82) is 0 Å². The van der Waals surface area contributed by atoms with Gasteiger partial charge >= 0.3 is 0 Å². The number of benzene rings is 1. The SMILES string of the molecule is CCCCN(C1CC1)C(CN)c1ccc(C(C)(C)C)cc1. The van der Waals surface area contributed by atoms with Crippen molar-refractivity contribution >= 4 is 0 Å². The summed E-state index contributed by atoms with van der Waals surface area (Å²) >= 11 is 0. The zero-order chi connectivity index (χ0) is 15.5. The fourth-order valence-corrected chi connectivity index (χ4v) is 3.01. The molecule has 1 aromatic carbocycles. The Morgan fingerprint density at radius 2 is 1.81 bits per heavy atom. The van der Waals surface area contributed by atoms with Gasteiger partial charge in [-0.15, -0.1) is 0 Å². The lowest BCUT2D eigenvalue weighted by molar-refractivity contribution is 0.188. The van der Waals surface area contributed by atoms with Crippen molar-refractivity contribution < 1.29 is 0 Å². The third kappa shape index (κ3) is 4.31. The molecule has 1 aliphatic carbocycles. The Labute approximate surface area is 130 Å². The first-order valence-corrected chi connectivity index (χ1v) is 8.53. The molecule has 0 heterocycles. The second-order valence-corrected chi connectivity index (χ2v) is 7.45. The molecule has 0 saturated heterocycles. The minimum Gasteiger partial charge on any atom is -0.329 e. The normalized spacial score (nSPS) is 17.2. The van der Waals surface area contributed by atoms with E-state index in [0.717, 1.165) is 12.6 Å². The van der Waals surface area contributed by atoms with Crippen molar-refractivity contribution in [3.8, 4) is 0 Å². The van der Waals surface area contributed by atoms with E-state index >= 15 is 0 Å². The van der Waals surface area contributed by atoms with Gasteiger partial charge in [0.1, 0.15) is 0 Å². The number of nitrogens with two attached hydrogens (primary N) is 1. The second-order valence-electron chi connectivity index (χ2n) is 7.45. The topological polar surface area (TPSA) is 29.3 Å². The molecule has 2 N–H and O–H groups in total. The summed E-state index contributed by atoms with van der Waals surface area (Å²) in [5.41, 5.74) is 9.12. The summed E-state index contributed by atoms with van der Waals surface area (Å²) in [6.45, 7) is 11.0. The summed E-state index contributed by atoms with van der Waals surface area (Å²) in [6, 6.07) is 10.3.